The lowest BCUT2D eigenvalue weighted by Crippen LogP contribution is -1.90. The van der Waals surface area contributed by atoms with Crippen LogP contribution in [0.5, 0.6) is 5.75 Å². The summed E-state index contributed by atoms with van der Waals surface area (Å²) in [6.07, 6.45) is 0.572. The molecule has 0 amide bonds. The lowest BCUT2D eigenvalue weighted by molar-refractivity contribution is 0.112. The van der Waals surface area contributed by atoms with E-state index >= 15 is 0 Å². The van der Waals surface area contributed by atoms with Crippen molar-refractivity contribution in [3.63, 3.8) is 0 Å². The van der Waals surface area contributed by atoms with E-state index in [1.165, 1.54) is 13.2 Å². The topological polar surface area (TPSA) is 68.6 Å². The molecule has 0 spiro atoms. The fourth-order valence-corrected chi connectivity index (χ4v) is 1.73. The van der Waals surface area contributed by atoms with E-state index in [0.717, 1.165) is 0 Å². The normalized spacial score (nSPS) is 10.2. The Kier molecular flexibility index (Phi) is 3.01. The molecule has 17 heavy (non-hydrogen) atoms. The van der Waals surface area contributed by atoms with Crippen LogP contribution in [-0.4, -0.2) is 18.4 Å². The number of aromatic nitrogens is 1. The van der Waals surface area contributed by atoms with Crippen molar-refractivity contribution in [3.8, 4) is 5.75 Å². The summed E-state index contributed by atoms with van der Waals surface area (Å²) in [6, 6.07) is 4.68. The largest absolute Gasteiger partial charge is 0.494 e. The Bertz CT molecular complexity index is 613. The number of carbonyl (C=O) groups is 1. The van der Waals surface area contributed by atoms with Crippen molar-refractivity contribution >= 4 is 34.5 Å². The molecule has 0 N–H and O–H groups in total. The highest BCUT2D eigenvalue weighted by Crippen LogP contribution is 2.36. The van der Waals surface area contributed by atoms with Crippen LogP contribution in [0.2, 0.25) is 5.15 Å². The van der Waals surface area contributed by atoms with E-state index < -0.39 is 0 Å². The molecule has 2 aromatic rings. The summed E-state index contributed by atoms with van der Waals surface area (Å²) in [4.78, 5) is 25.6. The highest BCUT2D eigenvalue weighted by molar-refractivity contribution is 6.32. The second-order valence-electron chi connectivity index (χ2n) is 3.26. The monoisotopic (exact) mass is 250 g/mol. The quantitative estimate of drug-likeness (QED) is 0.477. The van der Waals surface area contributed by atoms with Crippen molar-refractivity contribution in [1.82, 2.24) is 4.98 Å². The number of hydrogen-bond acceptors (Lipinski definition) is 5. The summed E-state index contributed by atoms with van der Waals surface area (Å²) >= 11 is 5.79. The molecule has 1 aromatic heterocycles. The van der Waals surface area contributed by atoms with Gasteiger partial charge in [-0.15, -0.1) is 4.91 Å². The average Bonchev–Trinajstić information content (AvgIpc) is 2.36. The van der Waals surface area contributed by atoms with E-state index in [-0.39, 0.29) is 16.4 Å². The molecule has 0 unspecified atom stereocenters. The zero-order valence-corrected chi connectivity index (χ0v) is 9.56. The minimum absolute atomic E-state index is 0.0921. The summed E-state index contributed by atoms with van der Waals surface area (Å²) in [5, 5.41) is 3.43. The average molecular weight is 251 g/mol. The Balaban J connectivity index is 2.87. The predicted molar refractivity (Wildman–Crippen MR) is 64.1 cm³/mol. The van der Waals surface area contributed by atoms with Crippen molar-refractivity contribution in [3.05, 3.63) is 33.8 Å². The molecule has 5 nitrogen and oxygen atoms in total. The van der Waals surface area contributed by atoms with Gasteiger partial charge in [-0.3, -0.25) is 4.79 Å². The minimum atomic E-state index is 0.0921. The van der Waals surface area contributed by atoms with Crippen molar-refractivity contribution in [2.45, 2.75) is 0 Å². The fraction of sp³-hybridized carbons (Fsp3) is 0.0909. The Morgan fingerprint density at radius 2 is 2.24 bits per heavy atom. The molecule has 0 saturated heterocycles. The third-order valence-corrected chi connectivity index (χ3v) is 2.65. The Morgan fingerprint density at radius 1 is 1.47 bits per heavy atom. The third kappa shape index (κ3) is 1.85. The second-order valence-corrected chi connectivity index (χ2v) is 3.62. The third-order valence-electron chi connectivity index (χ3n) is 2.35. The van der Waals surface area contributed by atoms with Gasteiger partial charge in [0.1, 0.15) is 10.9 Å². The van der Waals surface area contributed by atoms with Gasteiger partial charge in [-0.1, -0.05) is 11.6 Å². The zero-order valence-electron chi connectivity index (χ0n) is 8.81. The van der Waals surface area contributed by atoms with Crippen molar-refractivity contribution in [2.75, 3.05) is 7.11 Å². The van der Waals surface area contributed by atoms with E-state index in [2.05, 4.69) is 10.2 Å². The number of nitrogens with zero attached hydrogens (tertiary/aromatic N) is 2. The Hall–Kier alpha value is -2.01. The molecule has 0 aliphatic carbocycles. The van der Waals surface area contributed by atoms with Crippen molar-refractivity contribution in [1.29, 1.82) is 0 Å². The molecule has 0 aliphatic rings. The molecule has 6 heteroatoms. The number of ether oxygens (including phenoxy) is 1. The number of pyridine rings is 1. The number of rotatable bonds is 3. The van der Waals surface area contributed by atoms with Gasteiger partial charge in [0.2, 0.25) is 0 Å². The standard InChI is InChI=1S/C11H7ClN2O3/c1-17-9-3-2-8-7(10(9)14-16)4-6(5-15)11(12)13-8/h2-5H,1H3. The lowest BCUT2D eigenvalue weighted by atomic mass is 10.1. The maximum atomic E-state index is 10.8. The van der Waals surface area contributed by atoms with Crippen LogP contribution in [0.3, 0.4) is 0 Å². The highest BCUT2D eigenvalue weighted by Gasteiger charge is 2.12. The van der Waals surface area contributed by atoms with Crippen LogP contribution < -0.4 is 4.74 Å². The maximum absolute atomic E-state index is 10.8. The maximum Gasteiger partial charge on any atom is 0.159 e. The van der Waals surface area contributed by atoms with Crippen molar-refractivity contribution in [2.24, 2.45) is 5.18 Å². The van der Waals surface area contributed by atoms with Crippen LogP contribution in [0, 0.1) is 4.91 Å². The summed E-state index contributed by atoms with van der Waals surface area (Å²) in [7, 11) is 1.43. The van der Waals surface area contributed by atoms with Crippen LogP contribution in [0.15, 0.2) is 23.4 Å². The Morgan fingerprint density at radius 3 is 2.82 bits per heavy atom. The van der Waals surface area contributed by atoms with Gasteiger partial charge in [-0.2, -0.15) is 0 Å². The Labute approximate surface area is 101 Å². The molecule has 0 radical (unpaired) electrons. The first-order valence-electron chi connectivity index (χ1n) is 4.67. The van der Waals surface area contributed by atoms with Gasteiger partial charge in [0.25, 0.3) is 0 Å². The van der Waals surface area contributed by atoms with Crippen LogP contribution >= 0.6 is 11.6 Å². The first-order valence-corrected chi connectivity index (χ1v) is 5.05. The predicted octanol–water partition coefficient (Wildman–Crippen LogP) is 3.11. The summed E-state index contributed by atoms with van der Waals surface area (Å²) in [6.45, 7) is 0. The van der Waals surface area contributed by atoms with E-state index in [4.69, 9.17) is 16.3 Å². The van der Waals surface area contributed by atoms with Gasteiger partial charge < -0.3 is 4.74 Å². The van der Waals surface area contributed by atoms with E-state index in [1.807, 2.05) is 0 Å². The second kappa shape index (κ2) is 4.47. The molecule has 1 heterocycles. The number of methoxy groups -OCH3 is 1. The molecular formula is C11H7ClN2O3. The summed E-state index contributed by atoms with van der Waals surface area (Å²) in [5.74, 6) is 0.327. The van der Waals surface area contributed by atoms with Crippen LogP contribution in [0.4, 0.5) is 5.69 Å². The molecule has 86 valence electrons. The summed E-state index contributed by atoms with van der Waals surface area (Å²) in [5.41, 5.74) is 0.797. The van der Waals surface area contributed by atoms with E-state index in [0.29, 0.717) is 22.9 Å². The minimum Gasteiger partial charge on any atom is -0.494 e. The molecule has 0 aliphatic heterocycles. The van der Waals surface area contributed by atoms with Gasteiger partial charge >= 0.3 is 0 Å². The van der Waals surface area contributed by atoms with Gasteiger partial charge in [0, 0.05) is 5.39 Å². The summed E-state index contributed by atoms with van der Waals surface area (Å²) < 4.78 is 5.01. The molecular weight excluding hydrogens is 244 g/mol. The number of fused-ring (bicyclic) bond motifs is 1. The van der Waals surface area contributed by atoms with Crippen LogP contribution in [0.1, 0.15) is 10.4 Å². The van der Waals surface area contributed by atoms with Crippen LogP contribution in [-0.2, 0) is 0 Å². The highest BCUT2D eigenvalue weighted by atomic mass is 35.5. The molecule has 0 saturated carbocycles. The smallest absolute Gasteiger partial charge is 0.159 e. The van der Waals surface area contributed by atoms with Gasteiger partial charge in [-0.25, -0.2) is 4.98 Å². The molecule has 0 fully saturated rings. The first-order chi connectivity index (χ1) is 8.21. The molecule has 0 bridgehead atoms. The number of aldehydes is 1. The number of hydrogen-bond donors (Lipinski definition) is 0. The van der Waals surface area contributed by atoms with E-state index in [9.17, 15) is 9.70 Å². The SMILES string of the molecule is COc1ccc2nc(Cl)c(C=O)cc2c1N=O. The molecule has 0 atom stereocenters. The number of benzene rings is 1. The molecule has 1 aromatic carbocycles. The van der Waals surface area contributed by atoms with Gasteiger partial charge in [-0.05, 0) is 23.4 Å². The van der Waals surface area contributed by atoms with Gasteiger partial charge in [0.05, 0.1) is 18.2 Å². The number of carbonyl (C=O) groups excluding carboxylic acids is 1. The fourth-order valence-electron chi connectivity index (χ4n) is 1.54. The zero-order chi connectivity index (χ0) is 12.4. The van der Waals surface area contributed by atoms with Crippen LogP contribution in [0.25, 0.3) is 10.9 Å². The number of nitroso groups, excluding NO2 is 1. The van der Waals surface area contributed by atoms with Crippen molar-refractivity contribution < 1.29 is 9.53 Å². The lowest BCUT2D eigenvalue weighted by Gasteiger charge is -2.06. The van der Waals surface area contributed by atoms with Gasteiger partial charge in [0.15, 0.2) is 12.0 Å². The molecule has 2 rings (SSSR count). The van der Waals surface area contributed by atoms with E-state index in [1.54, 1.807) is 12.1 Å². The number of halogens is 1. The first kappa shape index (κ1) is 11.5.